The van der Waals surface area contributed by atoms with Crippen molar-refractivity contribution in [3.63, 3.8) is 0 Å². The highest BCUT2D eigenvalue weighted by Crippen LogP contribution is 2.37. The number of pyridine rings is 1. The van der Waals surface area contributed by atoms with E-state index in [9.17, 15) is 14.8 Å². The Bertz CT molecular complexity index is 1450. The lowest BCUT2D eigenvalue weighted by molar-refractivity contribution is -0.577. The van der Waals surface area contributed by atoms with E-state index in [2.05, 4.69) is 10.2 Å². The van der Waals surface area contributed by atoms with Crippen molar-refractivity contribution in [3.05, 3.63) is 82.3 Å². The number of piperazine rings is 1. The largest absolute Gasteiger partial charge is 0.618 e. The summed E-state index contributed by atoms with van der Waals surface area (Å²) in [7, 11) is 0. The number of benzene rings is 2. The van der Waals surface area contributed by atoms with E-state index in [4.69, 9.17) is 0 Å². The monoisotopic (exact) mass is 454 g/mol. The van der Waals surface area contributed by atoms with Crippen LogP contribution in [0.3, 0.4) is 0 Å². The number of nitrogens with zero attached hydrogens (tertiary/aromatic N) is 3. The third-order valence-corrected chi connectivity index (χ3v) is 7.13. The minimum absolute atomic E-state index is 0.181. The Hall–Kier alpha value is -3.55. The summed E-state index contributed by atoms with van der Waals surface area (Å²) in [4.78, 5) is 30.1. The van der Waals surface area contributed by atoms with Crippen molar-refractivity contribution in [2.24, 2.45) is 0 Å². The lowest BCUT2D eigenvalue weighted by Crippen LogP contribution is -2.43. The molecule has 3 heterocycles. The zero-order chi connectivity index (χ0) is 23.2. The fourth-order valence-corrected chi connectivity index (χ4v) is 5.49. The van der Waals surface area contributed by atoms with E-state index in [1.165, 1.54) is 6.20 Å². The van der Waals surface area contributed by atoms with E-state index < -0.39 is 0 Å². The minimum atomic E-state index is -0.254. The second-order valence-electron chi connectivity index (χ2n) is 9.11. The highest BCUT2D eigenvalue weighted by Gasteiger charge is 2.38. The Morgan fingerprint density at radius 1 is 0.853 bits per heavy atom. The Kier molecular flexibility index (Phi) is 5.16. The van der Waals surface area contributed by atoms with Crippen molar-refractivity contribution >= 4 is 33.4 Å². The Morgan fingerprint density at radius 2 is 1.56 bits per heavy atom. The standard InChI is InChI=1S/C27H26N4O3/c32-26-20-17-31(34)22-10-4-2-8-19(22)23(20)27(33)25-24(26)18-7-1-3-9-21(18)30(25)14-6-5-13-29-15-11-28-12-16-29/h1-4,7-10,17,28H,5-6,11-16H2. The first-order valence-electron chi connectivity index (χ1n) is 11.9. The van der Waals surface area contributed by atoms with Crippen LogP contribution in [0, 0.1) is 5.21 Å². The van der Waals surface area contributed by atoms with Crippen molar-refractivity contribution in [3.8, 4) is 0 Å². The molecule has 1 aliphatic carbocycles. The lowest BCUT2D eigenvalue weighted by atomic mass is 9.85. The molecule has 172 valence electrons. The van der Waals surface area contributed by atoms with E-state index in [-0.39, 0.29) is 17.1 Å². The third kappa shape index (κ3) is 3.23. The van der Waals surface area contributed by atoms with Gasteiger partial charge in [0, 0.05) is 49.7 Å². The van der Waals surface area contributed by atoms with Crippen LogP contribution in [0.25, 0.3) is 21.8 Å². The van der Waals surface area contributed by atoms with E-state index in [0.29, 0.717) is 39.0 Å². The molecule has 34 heavy (non-hydrogen) atoms. The molecular weight excluding hydrogens is 428 g/mol. The first-order valence-corrected chi connectivity index (χ1v) is 11.9. The SMILES string of the molecule is O=C1c2c[n+]([O-])c3ccccc3c2C(=O)c2c1c1ccccc1n2CCCCN1CCNCC1. The van der Waals surface area contributed by atoms with Gasteiger partial charge >= 0.3 is 0 Å². The summed E-state index contributed by atoms with van der Waals surface area (Å²) in [5.41, 5.74) is 2.69. The molecule has 2 aliphatic rings. The van der Waals surface area contributed by atoms with Crippen LogP contribution in [-0.2, 0) is 6.54 Å². The van der Waals surface area contributed by atoms with Crippen molar-refractivity contribution in [2.45, 2.75) is 19.4 Å². The van der Waals surface area contributed by atoms with Crippen molar-refractivity contribution in [1.29, 1.82) is 0 Å². The predicted octanol–water partition coefficient (Wildman–Crippen LogP) is 2.89. The molecule has 0 spiro atoms. The molecule has 2 aromatic heterocycles. The number of ketones is 2. The smallest absolute Gasteiger partial charge is 0.224 e. The molecule has 0 atom stereocenters. The molecule has 4 aromatic rings. The number of hydrogen-bond acceptors (Lipinski definition) is 5. The van der Waals surface area contributed by atoms with Crippen molar-refractivity contribution < 1.29 is 14.3 Å². The van der Waals surface area contributed by atoms with Gasteiger partial charge < -0.3 is 20.0 Å². The van der Waals surface area contributed by atoms with Gasteiger partial charge in [0.05, 0.1) is 22.1 Å². The average Bonchev–Trinajstić information content (AvgIpc) is 3.20. The van der Waals surface area contributed by atoms with Crippen molar-refractivity contribution in [1.82, 2.24) is 14.8 Å². The second-order valence-corrected chi connectivity index (χ2v) is 9.11. The summed E-state index contributed by atoms with van der Waals surface area (Å²) in [6.07, 6.45) is 3.21. The predicted molar refractivity (Wildman–Crippen MR) is 130 cm³/mol. The molecule has 0 unspecified atom stereocenters. The van der Waals surface area contributed by atoms with E-state index in [1.807, 2.05) is 28.8 Å². The second kappa shape index (κ2) is 8.34. The van der Waals surface area contributed by atoms with Gasteiger partial charge in [0.2, 0.25) is 17.1 Å². The van der Waals surface area contributed by atoms with Gasteiger partial charge in [-0.3, -0.25) is 9.59 Å². The molecule has 0 bridgehead atoms. The van der Waals surface area contributed by atoms with Gasteiger partial charge in [-0.05, 0) is 31.5 Å². The lowest BCUT2D eigenvalue weighted by Gasteiger charge is -2.27. The van der Waals surface area contributed by atoms with Crippen LogP contribution >= 0.6 is 0 Å². The molecule has 1 N–H and O–H groups in total. The first-order chi connectivity index (χ1) is 16.6. The highest BCUT2D eigenvalue weighted by atomic mass is 16.5. The molecule has 7 nitrogen and oxygen atoms in total. The van der Waals surface area contributed by atoms with Gasteiger partial charge in [0.15, 0.2) is 6.20 Å². The quantitative estimate of drug-likeness (QED) is 0.251. The van der Waals surface area contributed by atoms with Crippen LogP contribution in [0.15, 0.2) is 54.7 Å². The number of hydrogen-bond donors (Lipinski definition) is 1. The Morgan fingerprint density at radius 3 is 2.38 bits per heavy atom. The molecule has 6 rings (SSSR count). The maximum absolute atomic E-state index is 13.9. The van der Waals surface area contributed by atoms with Crippen LogP contribution in [0.5, 0.6) is 0 Å². The van der Waals surface area contributed by atoms with E-state index in [0.717, 1.165) is 56.5 Å². The van der Waals surface area contributed by atoms with E-state index >= 15 is 0 Å². The summed E-state index contributed by atoms with van der Waals surface area (Å²) in [5, 5.41) is 17.3. The average molecular weight is 455 g/mol. The summed E-state index contributed by atoms with van der Waals surface area (Å²) in [6.45, 7) is 5.90. The normalized spacial score (nSPS) is 16.2. The number of nitrogens with one attached hydrogen (secondary N) is 1. The number of fused-ring (bicyclic) bond motifs is 6. The van der Waals surface area contributed by atoms with Gasteiger partial charge in [-0.1, -0.05) is 30.3 Å². The number of rotatable bonds is 5. The van der Waals surface area contributed by atoms with Gasteiger partial charge in [0.1, 0.15) is 5.69 Å². The number of unbranched alkanes of at least 4 members (excludes halogenated alkanes) is 1. The zero-order valence-electron chi connectivity index (χ0n) is 18.9. The minimum Gasteiger partial charge on any atom is -0.618 e. The molecule has 0 saturated carbocycles. The molecule has 2 aromatic carbocycles. The molecule has 1 aliphatic heterocycles. The summed E-state index contributed by atoms with van der Waals surface area (Å²) in [6, 6.07) is 14.7. The maximum Gasteiger partial charge on any atom is 0.224 e. The van der Waals surface area contributed by atoms with Crippen LogP contribution in [-0.4, -0.2) is 53.8 Å². The number of aromatic nitrogens is 2. The summed E-state index contributed by atoms with van der Waals surface area (Å²) in [5.74, 6) is -0.435. The topological polar surface area (TPSA) is 81.3 Å². The van der Waals surface area contributed by atoms with Crippen LogP contribution in [0.1, 0.15) is 44.8 Å². The van der Waals surface area contributed by atoms with Crippen molar-refractivity contribution in [2.75, 3.05) is 32.7 Å². The Balaban J connectivity index is 1.42. The number of carbonyl (C=O) groups is 2. The van der Waals surface area contributed by atoms with Gasteiger partial charge in [-0.25, -0.2) is 0 Å². The van der Waals surface area contributed by atoms with Gasteiger partial charge in [-0.15, -0.1) is 0 Å². The maximum atomic E-state index is 13.9. The van der Waals surface area contributed by atoms with Crippen LogP contribution < -0.4 is 10.0 Å². The van der Waals surface area contributed by atoms with Gasteiger partial charge in [0.25, 0.3) is 0 Å². The number of aryl methyl sites for hydroxylation is 1. The molecular formula is C27H26N4O3. The van der Waals surface area contributed by atoms with Gasteiger partial charge in [-0.2, -0.15) is 4.73 Å². The Labute approximate surface area is 197 Å². The molecule has 1 saturated heterocycles. The van der Waals surface area contributed by atoms with E-state index in [1.54, 1.807) is 24.3 Å². The summed E-state index contributed by atoms with van der Waals surface area (Å²) >= 11 is 0. The van der Waals surface area contributed by atoms with Crippen LogP contribution in [0.4, 0.5) is 0 Å². The molecule has 7 heteroatoms. The number of para-hydroxylation sites is 2. The summed E-state index contributed by atoms with van der Waals surface area (Å²) < 4.78 is 2.72. The first kappa shape index (κ1) is 21.0. The van der Waals surface area contributed by atoms with Crippen LogP contribution in [0.2, 0.25) is 0 Å². The molecule has 0 amide bonds. The zero-order valence-corrected chi connectivity index (χ0v) is 18.9. The fourth-order valence-electron chi connectivity index (χ4n) is 5.49. The molecule has 0 radical (unpaired) electrons. The number of carbonyl (C=O) groups excluding carboxylic acids is 2. The highest BCUT2D eigenvalue weighted by molar-refractivity contribution is 6.34. The fraction of sp³-hybridized carbons (Fsp3) is 0.296. The third-order valence-electron chi connectivity index (χ3n) is 7.13. The molecule has 1 fully saturated rings.